The molecule has 106 valence electrons. The first-order valence-corrected chi connectivity index (χ1v) is 6.05. The zero-order valence-corrected chi connectivity index (χ0v) is 10.7. The molecule has 1 atom stereocenters. The van der Waals surface area contributed by atoms with Crippen molar-refractivity contribution in [1.29, 1.82) is 0 Å². The number of halogens is 6. The Morgan fingerprint density at radius 1 is 0.850 bits per heavy atom. The molecule has 20 heavy (non-hydrogen) atoms. The molecule has 0 bridgehead atoms. The molecule has 2 aromatic rings. The highest BCUT2D eigenvalue weighted by atomic mass is 35.5. The predicted octanol–water partition coefficient (Wildman–Crippen LogP) is 4.90. The molecule has 0 aliphatic heterocycles. The Labute approximate surface area is 116 Å². The van der Waals surface area contributed by atoms with Crippen LogP contribution in [0.3, 0.4) is 0 Å². The molecule has 0 saturated heterocycles. The molecule has 0 spiro atoms. The Hall–Kier alpha value is -1.62. The van der Waals surface area contributed by atoms with Gasteiger partial charge in [0.1, 0.15) is 11.6 Å². The molecule has 0 saturated carbocycles. The molecule has 0 radical (unpaired) electrons. The summed E-state index contributed by atoms with van der Waals surface area (Å²) in [5, 5.41) is -1.11. The summed E-state index contributed by atoms with van der Waals surface area (Å²) in [6.45, 7) is 0. The maximum atomic E-state index is 13.5. The van der Waals surface area contributed by atoms with Crippen LogP contribution in [0, 0.1) is 29.1 Å². The topological polar surface area (TPSA) is 0 Å². The highest BCUT2D eigenvalue weighted by Gasteiger charge is 2.20. The average Bonchev–Trinajstić information content (AvgIpc) is 2.39. The van der Waals surface area contributed by atoms with E-state index in [1.54, 1.807) is 0 Å². The van der Waals surface area contributed by atoms with Gasteiger partial charge in [-0.2, -0.15) is 0 Å². The second kappa shape index (κ2) is 5.79. The van der Waals surface area contributed by atoms with E-state index in [0.717, 1.165) is 24.3 Å². The van der Waals surface area contributed by atoms with Gasteiger partial charge in [-0.25, -0.2) is 22.0 Å². The number of hydrogen-bond acceptors (Lipinski definition) is 0. The summed E-state index contributed by atoms with van der Waals surface area (Å²) in [6, 6.07) is 4.60. The largest absolute Gasteiger partial charge is 0.207 e. The third kappa shape index (κ3) is 2.93. The lowest BCUT2D eigenvalue weighted by Gasteiger charge is -2.12. The Bertz CT molecular complexity index is 642. The van der Waals surface area contributed by atoms with E-state index in [1.807, 2.05) is 0 Å². The van der Waals surface area contributed by atoms with E-state index in [4.69, 9.17) is 11.6 Å². The highest BCUT2D eigenvalue weighted by molar-refractivity contribution is 6.20. The first-order chi connectivity index (χ1) is 9.40. The molecule has 0 aromatic heterocycles. The lowest BCUT2D eigenvalue weighted by molar-refractivity contribution is 0.440. The Balaban J connectivity index is 2.28. The lowest BCUT2D eigenvalue weighted by Crippen LogP contribution is -2.04. The van der Waals surface area contributed by atoms with Crippen LogP contribution in [0.15, 0.2) is 30.3 Å². The standard InChI is InChI=1S/C14H8ClF5/c15-10(5-7-1-2-8(16)6-12(7)18)9-3-4-11(17)14(20)13(9)19/h1-4,6,10H,5H2. The number of benzene rings is 2. The van der Waals surface area contributed by atoms with E-state index in [2.05, 4.69) is 0 Å². The van der Waals surface area contributed by atoms with Crippen molar-refractivity contribution in [2.24, 2.45) is 0 Å². The summed E-state index contributed by atoms with van der Waals surface area (Å²) < 4.78 is 65.6. The molecule has 0 N–H and O–H groups in total. The quantitative estimate of drug-likeness (QED) is 0.429. The van der Waals surface area contributed by atoms with Crippen LogP contribution >= 0.6 is 11.6 Å². The van der Waals surface area contributed by atoms with E-state index < -0.39 is 34.5 Å². The van der Waals surface area contributed by atoms with Gasteiger partial charge in [-0.3, -0.25) is 0 Å². The van der Waals surface area contributed by atoms with Crippen molar-refractivity contribution in [3.63, 3.8) is 0 Å². The van der Waals surface area contributed by atoms with E-state index in [-0.39, 0.29) is 17.5 Å². The molecule has 6 heteroatoms. The van der Waals surface area contributed by atoms with Crippen molar-refractivity contribution in [2.75, 3.05) is 0 Å². The Morgan fingerprint density at radius 3 is 2.20 bits per heavy atom. The van der Waals surface area contributed by atoms with E-state index in [9.17, 15) is 22.0 Å². The first-order valence-electron chi connectivity index (χ1n) is 5.61. The summed E-state index contributed by atoms with van der Waals surface area (Å²) >= 11 is 5.89. The van der Waals surface area contributed by atoms with Gasteiger partial charge in [0.05, 0.1) is 5.38 Å². The molecule has 2 aromatic carbocycles. The van der Waals surface area contributed by atoms with E-state index in [1.165, 1.54) is 0 Å². The molecule has 1 unspecified atom stereocenters. The summed E-state index contributed by atoms with van der Waals surface area (Å²) in [7, 11) is 0. The van der Waals surface area contributed by atoms with Crippen molar-refractivity contribution in [3.8, 4) is 0 Å². The molecule has 0 aliphatic rings. The fourth-order valence-corrected chi connectivity index (χ4v) is 2.11. The molecule has 0 fully saturated rings. The van der Waals surface area contributed by atoms with Crippen LogP contribution in [0.4, 0.5) is 22.0 Å². The fourth-order valence-electron chi connectivity index (χ4n) is 1.77. The summed E-state index contributed by atoms with van der Waals surface area (Å²) in [6.07, 6.45) is -0.185. The zero-order chi connectivity index (χ0) is 14.9. The summed E-state index contributed by atoms with van der Waals surface area (Å²) in [5.41, 5.74) is -0.232. The second-order valence-electron chi connectivity index (χ2n) is 4.17. The van der Waals surface area contributed by atoms with Crippen molar-refractivity contribution >= 4 is 11.6 Å². The number of alkyl halides is 1. The van der Waals surface area contributed by atoms with Crippen LogP contribution < -0.4 is 0 Å². The average molecular weight is 307 g/mol. The van der Waals surface area contributed by atoms with Crippen LogP contribution in [0.2, 0.25) is 0 Å². The number of rotatable bonds is 3. The van der Waals surface area contributed by atoms with E-state index in [0.29, 0.717) is 6.07 Å². The minimum Gasteiger partial charge on any atom is -0.207 e. The van der Waals surface area contributed by atoms with Crippen molar-refractivity contribution < 1.29 is 22.0 Å². The molecule has 0 nitrogen and oxygen atoms in total. The minimum absolute atomic E-state index is 0.0514. The number of hydrogen-bond donors (Lipinski definition) is 0. The van der Waals surface area contributed by atoms with Crippen LogP contribution in [-0.4, -0.2) is 0 Å². The normalized spacial score (nSPS) is 12.5. The third-order valence-electron chi connectivity index (χ3n) is 2.82. The first kappa shape index (κ1) is 14.8. The van der Waals surface area contributed by atoms with Crippen LogP contribution in [-0.2, 0) is 6.42 Å². The van der Waals surface area contributed by atoms with Gasteiger partial charge in [0.15, 0.2) is 17.5 Å². The molecular formula is C14H8ClF5. The van der Waals surface area contributed by atoms with Gasteiger partial charge in [0.25, 0.3) is 0 Å². The lowest BCUT2D eigenvalue weighted by atomic mass is 10.0. The SMILES string of the molecule is Fc1ccc(CC(Cl)c2ccc(F)c(F)c2F)c(F)c1. The summed E-state index contributed by atoms with van der Waals surface area (Å²) in [4.78, 5) is 0. The predicted molar refractivity (Wildman–Crippen MR) is 65.0 cm³/mol. The van der Waals surface area contributed by atoms with Gasteiger partial charge in [0, 0.05) is 11.6 Å². The maximum absolute atomic E-state index is 13.5. The molecular weight excluding hydrogens is 299 g/mol. The Kier molecular flexibility index (Phi) is 4.28. The highest BCUT2D eigenvalue weighted by Crippen LogP contribution is 2.30. The monoisotopic (exact) mass is 306 g/mol. The maximum Gasteiger partial charge on any atom is 0.194 e. The fraction of sp³-hybridized carbons (Fsp3) is 0.143. The van der Waals surface area contributed by atoms with Crippen molar-refractivity contribution in [1.82, 2.24) is 0 Å². The molecule has 0 heterocycles. The Morgan fingerprint density at radius 2 is 1.55 bits per heavy atom. The third-order valence-corrected chi connectivity index (χ3v) is 3.21. The van der Waals surface area contributed by atoms with Gasteiger partial charge in [0.2, 0.25) is 0 Å². The van der Waals surface area contributed by atoms with Gasteiger partial charge < -0.3 is 0 Å². The minimum atomic E-state index is -1.63. The van der Waals surface area contributed by atoms with Gasteiger partial charge in [-0.05, 0) is 24.1 Å². The van der Waals surface area contributed by atoms with Crippen molar-refractivity contribution in [2.45, 2.75) is 11.8 Å². The van der Waals surface area contributed by atoms with Gasteiger partial charge in [-0.1, -0.05) is 12.1 Å². The molecule has 0 amide bonds. The van der Waals surface area contributed by atoms with Crippen LogP contribution in [0.25, 0.3) is 0 Å². The van der Waals surface area contributed by atoms with Crippen molar-refractivity contribution in [3.05, 3.63) is 70.5 Å². The zero-order valence-electron chi connectivity index (χ0n) is 9.94. The van der Waals surface area contributed by atoms with Crippen LogP contribution in [0.5, 0.6) is 0 Å². The van der Waals surface area contributed by atoms with Gasteiger partial charge >= 0.3 is 0 Å². The molecule has 0 aliphatic carbocycles. The molecule has 2 rings (SSSR count). The van der Waals surface area contributed by atoms with E-state index >= 15 is 0 Å². The van der Waals surface area contributed by atoms with Crippen LogP contribution in [0.1, 0.15) is 16.5 Å². The van der Waals surface area contributed by atoms with Gasteiger partial charge in [-0.15, -0.1) is 11.6 Å². The summed E-state index contributed by atoms with van der Waals surface area (Å²) in [5.74, 6) is -5.96. The smallest absolute Gasteiger partial charge is 0.194 e. The second-order valence-corrected chi connectivity index (χ2v) is 4.70.